The molecule has 108 valence electrons. The highest BCUT2D eigenvalue weighted by molar-refractivity contribution is 5.97. The topological polar surface area (TPSA) is 34.1 Å². The van der Waals surface area contributed by atoms with Gasteiger partial charge in [0.15, 0.2) is 5.78 Å². The summed E-state index contributed by atoms with van der Waals surface area (Å²) in [6.07, 6.45) is 10.6. The maximum atomic E-state index is 12.0. The van der Waals surface area contributed by atoms with E-state index in [1.54, 1.807) is 12.1 Å². The summed E-state index contributed by atoms with van der Waals surface area (Å²) in [6, 6.07) is 9.20. The standard InChI is InChI=1S/C18H24O2/c1-2-3-4-5-6-8-11-16(15-19)14-18(20)17-12-9-7-10-13-17/h3-4,7,9-10,12-13,15-16H,2,5-6,8,11,14H2,1H3/b4-3-/t16-/m1/s1. The van der Waals surface area contributed by atoms with Crippen molar-refractivity contribution in [3.05, 3.63) is 48.0 Å². The molecule has 0 N–H and O–H groups in total. The minimum atomic E-state index is -0.141. The molecule has 0 fully saturated rings. The number of carbonyl (C=O) groups excluding carboxylic acids is 2. The molecule has 0 aromatic heterocycles. The quantitative estimate of drug-likeness (QED) is 0.270. The van der Waals surface area contributed by atoms with Gasteiger partial charge in [-0.15, -0.1) is 0 Å². The molecule has 0 aliphatic heterocycles. The van der Waals surface area contributed by atoms with Gasteiger partial charge in [0.25, 0.3) is 0 Å². The van der Waals surface area contributed by atoms with Crippen LogP contribution in [-0.4, -0.2) is 12.1 Å². The Balaban J connectivity index is 2.31. The molecule has 0 heterocycles. The molecule has 2 heteroatoms. The van der Waals surface area contributed by atoms with Gasteiger partial charge in [-0.2, -0.15) is 0 Å². The van der Waals surface area contributed by atoms with Gasteiger partial charge in [0, 0.05) is 17.9 Å². The molecule has 0 bridgehead atoms. The normalized spacial score (nSPS) is 12.4. The fourth-order valence-corrected chi connectivity index (χ4v) is 2.15. The van der Waals surface area contributed by atoms with Gasteiger partial charge in [0.05, 0.1) is 0 Å². The number of benzene rings is 1. The van der Waals surface area contributed by atoms with Crippen LogP contribution in [0.3, 0.4) is 0 Å². The summed E-state index contributed by atoms with van der Waals surface area (Å²) in [5.41, 5.74) is 0.699. The summed E-state index contributed by atoms with van der Waals surface area (Å²) in [6.45, 7) is 2.12. The highest BCUT2D eigenvalue weighted by atomic mass is 16.1. The second kappa shape index (κ2) is 10.1. The molecule has 1 atom stereocenters. The van der Waals surface area contributed by atoms with Crippen molar-refractivity contribution >= 4 is 12.1 Å². The van der Waals surface area contributed by atoms with E-state index >= 15 is 0 Å². The zero-order chi connectivity index (χ0) is 14.6. The van der Waals surface area contributed by atoms with Crippen LogP contribution in [0.25, 0.3) is 0 Å². The smallest absolute Gasteiger partial charge is 0.163 e. The van der Waals surface area contributed by atoms with E-state index in [1.165, 1.54) is 0 Å². The predicted octanol–water partition coefficient (Wildman–Crippen LogP) is 4.60. The fourth-order valence-electron chi connectivity index (χ4n) is 2.15. The van der Waals surface area contributed by atoms with Crippen LogP contribution in [0.2, 0.25) is 0 Å². The molecule has 2 nitrogen and oxygen atoms in total. The lowest BCUT2D eigenvalue weighted by Crippen LogP contribution is -2.10. The number of allylic oxidation sites excluding steroid dienone is 2. The molecular formula is C18H24O2. The second-order valence-corrected chi connectivity index (χ2v) is 5.05. The van der Waals surface area contributed by atoms with Gasteiger partial charge in [-0.25, -0.2) is 0 Å². The fraction of sp³-hybridized carbons (Fsp3) is 0.444. The van der Waals surface area contributed by atoms with Crippen molar-refractivity contribution in [1.29, 1.82) is 0 Å². The zero-order valence-electron chi connectivity index (χ0n) is 12.3. The predicted molar refractivity (Wildman–Crippen MR) is 82.8 cm³/mol. The highest BCUT2D eigenvalue weighted by Crippen LogP contribution is 2.15. The van der Waals surface area contributed by atoms with Crippen molar-refractivity contribution in [1.82, 2.24) is 0 Å². The summed E-state index contributed by atoms with van der Waals surface area (Å²) in [4.78, 5) is 23.1. The molecule has 0 amide bonds. The van der Waals surface area contributed by atoms with Crippen molar-refractivity contribution in [3.8, 4) is 0 Å². The monoisotopic (exact) mass is 272 g/mol. The molecule has 1 aromatic rings. The Morgan fingerprint density at radius 2 is 1.90 bits per heavy atom. The zero-order valence-corrected chi connectivity index (χ0v) is 12.3. The van der Waals surface area contributed by atoms with Gasteiger partial charge in [-0.05, 0) is 25.7 Å². The Kier molecular flexibility index (Phi) is 8.28. The van der Waals surface area contributed by atoms with Crippen molar-refractivity contribution < 1.29 is 9.59 Å². The molecule has 1 rings (SSSR count). The van der Waals surface area contributed by atoms with Gasteiger partial charge >= 0.3 is 0 Å². The van der Waals surface area contributed by atoms with E-state index in [4.69, 9.17) is 0 Å². The van der Waals surface area contributed by atoms with Crippen molar-refractivity contribution in [3.63, 3.8) is 0 Å². The number of hydrogen-bond acceptors (Lipinski definition) is 2. The summed E-state index contributed by atoms with van der Waals surface area (Å²) in [5.74, 6) is -0.0774. The van der Waals surface area contributed by atoms with Gasteiger partial charge in [-0.3, -0.25) is 4.79 Å². The minimum Gasteiger partial charge on any atom is -0.303 e. The van der Waals surface area contributed by atoms with Crippen molar-refractivity contribution in [2.45, 2.75) is 45.4 Å². The van der Waals surface area contributed by atoms with Crippen LogP contribution < -0.4 is 0 Å². The van der Waals surface area contributed by atoms with Crippen LogP contribution in [0.4, 0.5) is 0 Å². The number of carbonyl (C=O) groups is 2. The van der Waals surface area contributed by atoms with E-state index in [0.717, 1.165) is 38.4 Å². The first-order chi connectivity index (χ1) is 9.77. The van der Waals surface area contributed by atoms with Crippen molar-refractivity contribution in [2.24, 2.45) is 5.92 Å². The van der Waals surface area contributed by atoms with Gasteiger partial charge in [0.2, 0.25) is 0 Å². The van der Waals surface area contributed by atoms with Crippen LogP contribution in [-0.2, 0) is 4.79 Å². The Bertz CT molecular complexity index is 420. The van der Waals surface area contributed by atoms with E-state index in [9.17, 15) is 9.59 Å². The molecule has 0 saturated carbocycles. The number of unbranched alkanes of at least 4 members (excludes halogenated alkanes) is 2. The van der Waals surface area contributed by atoms with Gasteiger partial charge in [-0.1, -0.05) is 55.8 Å². The van der Waals surface area contributed by atoms with Crippen LogP contribution in [0.15, 0.2) is 42.5 Å². The molecule has 0 unspecified atom stereocenters. The summed E-state index contributed by atoms with van der Waals surface area (Å²) < 4.78 is 0. The third kappa shape index (κ3) is 6.46. The van der Waals surface area contributed by atoms with Gasteiger partial charge < -0.3 is 4.79 Å². The third-order valence-electron chi connectivity index (χ3n) is 3.33. The largest absolute Gasteiger partial charge is 0.303 e. The summed E-state index contributed by atoms with van der Waals surface area (Å²) in [5, 5.41) is 0. The average molecular weight is 272 g/mol. The first-order valence-corrected chi connectivity index (χ1v) is 7.46. The molecular weight excluding hydrogens is 248 g/mol. The summed E-state index contributed by atoms with van der Waals surface area (Å²) in [7, 11) is 0. The first kappa shape index (κ1) is 16.4. The van der Waals surface area contributed by atoms with Gasteiger partial charge in [0.1, 0.15) is 6.29 Å². The second-order valence-electron chi connectivity index (χ2n) is 5.05. The molecule has 0 spiro atoms. The Hall–Kier alpha value is -1.70. The number of rotatable bonds is 10. The molecule has 1 aromatic carbocycles. The number of ketones is 1. The Morgan fingerprint density at radius 1 is 1.15 bits per heavy atom. The van der Waals surface area contributed by atoms with E-state index in [0.29, 0.717) is 12.0 Å². The molecule has 0 aliphatic rings. The number of Topliss-reactive ketones (excluding diaryl/α,β-unsaturated/α-hetero) is 1. The van der Waals surface area contributed by atoms with Crippen LogP contribution >= 0.6 is 0 Å². The number of hydrogen-bond donors (Lipinski definition) is 0. The highest BCUT2D eigenvalue weighted by Gasteiger charge is 2.14. The average Bonchev–Trinajstić information content (AvgIpc) is 2.50. The van der Waals surface area contributed by atoms with E-state index in [-0.39, 0.29) is 11.7 Å². The summed E-state index contributed by atoms with van der Waals surface area (Å²) >= 11 is 0. The Labute approximate surface area is 121 Å². The molecule has 0 radical (unpaired) electrons. The third-order valence-corrected chi connectivity index (χ3v) is 3.33. The SMILES string of the molecule is CC/C=C\CCCC[C@@H](C=O)CC(=O)c1ccccc1. The molecule has 0 saturated heterocycles. The van der Waals surface area contributed by atoms with E-state index < -0.39 is 0 Å². The Morgan fingerprint density at radius 3 is 2.55 bits per heavy atom. The van der Waals surface area contributed by atoms with E-state index in [1.807, 2.05) is 18.2 Å². The maximum Gasteiger partial charge on any atom is 0.163 e. The van der Waals surface area contributed by atoms with Crippen molar-refractivity contribution in [2.75, 3.05) is 0 Å². The van der Waals surface area contributed by atoms with Crippen LogP contribution in [0.1, 0.15) is 55.8 Å². The molecule has 20 heavy (non-hydrogen) atoms. The lowest BCUT2D eigenvalue weighted by atomic mass is 9.94. The van der Waals surface area contributed by atoms with Crippen LogP contribution in [0, 0.1) is 5.92 Å². The lowest BCUT2D eigenvalue weighted by molar-refractivity contribution is -0.111. The number of aldehydes is 1. The lowest BCUT2D eigenvalue weighted by Gasteiger charge is -2.09. The maximum absolute atomic E-state index is 12.0. The first-order valence-electron chi connectivity index (χ1n) is 7.46. The molecule has 0 aliphatic carbocycles. The minimum absolute atomic E-state index is 0.0635. The van der Waals surface area contributed by atoms with E-state index in [2.05, 4.69) is 19.1 Å². The van der Waals surface area contributed by atoms with Crippen LogP contribution in [0.5, 0.6) is 0 Å².